The van der Waals surface area contributed by atoms with Crippen LogP contribution < -0.4 is 5.32 Å². The molecule has 1 N–H and O–H groups in total. The van der Waals surface area contributed by atoms with Gasteiger partial charge in [0.2, 0.25) is 0 Å². The van der Waals surface area contributed by atoms with Gasteiger partial charge in [0.15, 0.2) is 0 Å². The van der Waals surface area contributed by atoms with Gasteiger partial charge in [-0.1, -0.05) is 45.0 Å². The Kier molecular flexibility index (Phi) is 5.62. The van der Waals surface area contributed by atoms with E-state index in [4.69, 9.17) is 0 Å². The molecule has 2 rings (SSSR count). The number of hydrogen-bond donors (Lipinski definition) is 1. The van der Waals surface area contributed by atoms with Gasteiger partial charge in [-0.15, -0.1) is 0 Å². The summed E-state index contributed by atoms with van der Waals surface area (Å²) in [6.45, 7) is 12.6. The standard InChI is InChI=1S/C18H30N2/c1-4-19-14-16-7-5-8-17(13-16)15-20-11-6-9-18(2,3)10-12-20/h5,7-8,13,19H,4,6,9-12,14-15H2,1-3H3. The normalized spacial score (nSPS) is 19.8. The fraction of sp³-hybridized carbons (Fsp3) is 0.667. The van der Waals surface area contributed by atoms with E-state index in [1.165, 1.54) is 43.5 Å². The van der Waals surface area contributed by atoms with Crippen molar-refractivity contribution in [3.8, 4) is 0 Å². The molecule has 0 aliphatic carbocycles. The predicted octanol–water partition coefficient (Wildman–Crippen LogP) is 3.81. The molecule has 1 aromatic rings. The van der Waals surface area contributed by atoms with Crippen LogP contribution in [-0.2, 0) is 13.1 Å². The lowest BCUT2D eigenvalue weighted by molar-refractivity contribution is 0.256. The number of nitrogens with one attached hydrogen (secondary N) is 1. The third-order valence-electron chi connectivity index (χ3n) is 4.41. The van der Waals surface area contributed by atoms with E-state index >= 15 is 0 Å². The maximum atomic E-state index is 3.40. The molecule has 0 radical (unpaired) electrons. The van der Waals surface area contributed by atoms with Crippen molar-refractivity contribution >= 4 is 0 Å². The van der Waals surface area contributed by atoms with Crippen LogP contribution in [-0.4, -0.2) is 24.5 Å². The lowest BCUT2D eigenvalue weighted by Crippen LogP contribution is -2.25. The van der Waals surface area contributed by atoms with Crippen LogP contribution in [0.3, 0.4) is 0 Å². The number of rotatable bonds is 5. The van der Waals surface area contributed by atoms with E-state index in [0.717, 1.165) is 19.6 Å². The van der Waals surface area contributed by atoms with Crippen LogP contribution in [0.4, 0.5) is 0 Å². The van der Waals surface area contributed by atoms with E-state index in [1.807, 2.05) is 0 Å². The van der Waals surface area contributed by atoms with Gasteiger partial charge in [-0.05, 0) is 55.4 Å². The molecule has 1 aliphatic heterocycles. The van der Waals surface area contributed by atoms with E-state index in [9.17, 15) is 0 Å². The van der Waals surface area contributed by atoms with Crippen molar-refractivity contribution in [2.24, 2.45) is 5.41 Å². The van der Waals surface area contributed by atoms with E-state index < -0.39 is 0 Å². The zero-order valence-corrected chi connectivity index (χ0v) is 13.4. The molecule has 1 aliphatic rings. The van der Waals surface area contributed by atoms with Crippen LogP contribution in [0, 0.1) is 5.41 Å². The monoisotopic (exact) mass is 274 g/mol. The summed E-state index contributed by atoms with van der Waals surface area (Å²) >= 11 is 0. The molecule has 1 saturated heterocycles. The highest BCUT2D eigenvalue weighted by Crippen LogP contribution is 2.30. The second-order valence-corrected chi connectivity index (χ2v) is 6.89. The van der Waals surface area contributed by atoms with Crippen molar-refractivity contribution in [2.75, 3.05) is 19.6 Å². The minimum atomic E-state index is 0.529. The second kappa shape index (κ2) is 7.24. The van der Waals surface area contributed by atoms with Gasteiger partial charge in [0.05, 0.1) is 0 Å². The highest BCUT2D eigenvalue weighted by Gasteiger charge is 2.22. The lowest BCUT2D eigenvalue weighted by atomic mass is 9.85. The van der Waals surface area contributed by atoms with Gasteiger partial charge in [-0.25, -0.2) is 0 Å². The molecule has 2 heteroatoms. The van der Waals surface area contributed by atoms with Crippen LogP contribution >= 0.6 is 0 Å². The van der Waals surface area contributed by atoms with Crippen molar-refractivity contribution in [1.82, 2.24) is 10.2 Å². The summed E-state index contributed by atoms with van der Waals surface area (Å²) in [6, 6.07) is 9.05. The molecule has 1 heterocycles. The van der Waals surface area contributed by atoms with Crippen LogP contribution in [0.2, 0.25) is 0 Å². The SMILES string of the molecule is CCNCc1cccc(CN2CCCC(C)(C)CC2)c1. The molecule has 0 atom stereocenters. The fourth-order valence-electron chi connectivity index (χ4n) is 3.00. The van der Waals surface area contributed by atoms with Crippen LogP contribution in [0.5, 0.6) is 0 Å². The smallest absolute Gasteiger partial charge is 0.0233 e. The van der Waals surface area contributed by atoms with Crippen molar-refractivity contribution in [1.29, 1.82) is 0 Å². The third-order valence-corrected chi connectivity index (χ3v) is 4.41. The highest BCUT2D eigenvalue weighted by molar-refractivity contribution is 5.23. The molecule has 112 valence electrons. The molecule has 1 aromatic carbocycles. The van der Waals surface area contributed by atoms with Gasteiger partial charge in [0.1, 0.15) is 0 Å². The van der Waals surface area contributed by atoms with Crippen molar-refractivity contribution in [3.63, 3.8) is 0 Å². The molecule has 0 bridgehead atoms. The summed E-state index contributed by atoms with van der Waals surface area (Å²) in [5.41, 5.74) is 3.39. The predicted molar refractivity (Wildman–Crippen MR) is 86.7 cm³/mol. The number of hydrogen-bond acceptors (Lipinski definition) is 2. The Labute approximate surface area is 124 Å². The molecule has 0 spiro atoms. The van der Waals surface area contributed by atoms with Crippen molar-refractivity contribution < 1.29 is 0 Å². The molecule has 0 unspecified atom stereocenters. The van der Waals surface area contributed by atoms with Crippen LogP contribution in [0.25, 0.3) is 0 Å². The van der Waals surface area contributed by atoms with Crippen molar-refractivity contribution in [3.05, 3.63) is 35.4 Å². The Morgan fingerprint density at radius 1 is 1.15 bits per heavy atom. The van der Waals surface area contributed by atoms with Crippen molar-refractivity contribution in [2.45, 2.75) is 53.1 Å². The largest absolute Gasteiger partial charge is 0.313 e. The Bertz CT molecular complexity index is 412. The number of benzene rings is 1. The van der Waals surface area contributed by atoms with Gasteiger partial charge in [-0.3, -0.25) is 4.90 Å². The van der Waals surface area contributed by atoms with Crippen LogP contribution in [0.1, 0.15) is 51.2 Å². The first-order valence-corrected chi connectivity index (χ1v) is 8.10. The molecule has 0 saturated carbocycles. The molecule has 20 heavy (non-hydrogen) atoms. The minimum absolute atomic E-state index is 0.529. The van der Waals surface area contributed by atoms with Gasteiger partial charge in [0.25, 0.3) is 0 Å². The first-order chi connectivity index (χ1) is 9.59. The van der Waals surface area contributed by atoms with Gasteiger partial charge in [0, 0.05) is 13.1 Å². The lowest BCUT2D eigenvalue weighted by Gasteiger charge is -2.23. The minimum Gasteiger partial charge on any atom is -0.313 e. The molecular formula is C18H30N2. The average Bonchev–Trinajstić information content (AvgIpc) is 2.58. The summed E-state index contributed by atoms with van der Waals surface area (Å²) in [4.78, 5) is 2.63. The van der Waals surface area contributed by atoms with E-state index in [1.54, 1.807) is 0 Å². The molecule has 0 aromatic heterocycles. The molecular weight excluding hydrogens is 244 g/mol. The molecule has 0 amide bonds. The Balaban J connectivity index is 1.92. The summed E-state index contributed by atoms with van der Waals surface area (Å²) in [5.74, 6) is 0. The first-order valence-electron chi connectivity index (χ1n) is 8.10. The topological polar surface area (TPSA) is 15.3 Å². The van der Waals surface area contributed by atoms with Gasteiger partial charge in [-0.2, -0.15) is 0 Å². The van der Waals surface area contributed by atoms with E-state index in [0.29, 0.717) is 5.41 Å². The maximum absolute atomic E-state index is 3.40. The highest BCUT2D eigenvalue weighted by atomic mass is 15.1. The zero-order valence-electron chi connectivity index (χ0n) is 13.4. The van der Waals surface area contributed by atoms with Crippen LogP contribution in [0.15, 0.2) is 24.3 Å². The van der Waals surface area contributed by atoms with Gasteiger partial charge >= 0.3 is 0 Å². The van der Waals surface area contributed by atoms with Gasteiger partial charge < -0.3 is 5.32 Å². The average molecular weight is 274 g/mol. The Morgan fingerprint density at radius 3 is 2.75 bits per heavy atom. The summed E-state index contributed by atoms with van der Waals surface area (Å²) in [5, 5.41) is 3.40. The maximum Gasteiger partial charge on any atom is 0.0233 e. The van der Waals surface area contributed by atoms with E-state index in [2.05, 4.69) is 55.3 Å². The first kappa shape index (κ1) is 15.5. The summed E-state index contributed by atoms with van der Waals surface area (Å²) in [7, 11) is 0. The third kappa shape index (κ3) is 4.92. The molecule has 1 fully saturated rings. The quantitative estimate of drug-likeness (QED) is 0.878. The summed E-state index contributed by atoms with van der Waals surface area (Å²) in [6.07, 6.45) is 4.03. The Hall–Kier alpha value is -0.860. The van der Waals surface area contributed by atoms with E-state index in [-0.39, 0.29) is 0 Å². The number of likely N-dealkylation sites (tertiary alicyclic amines) is 1. The fourth-order valence-corrected chi connectivity index (χ4v) is 3.00. The number of nitrogens with zero attached hydrogens (tertiary/aromatic N) is 1. The Morgan fingerprint density at radius 2 is 1.95 bits per heavy atom. The summed E-state index contributed by atoms with van der Waals surface area (Å²) < 4.78 is 0. The zero-order chi connectivity index (χ0) is 14.4. The second-order valence-electron chi connectivity index (χ2n) is 6.89. The molecule has 2 nitrogen and oxygen atoms in total.